The van der Waals surface area contributed by atoms with Crippen molar-refractivity contribution in [2.45, 2.75) is 12.3 Å². The van der Waals surface area contributed by atoms with Gasteiger partial charge in [-0.2, -0.15) is 0 Å². The van der Waals surface area contributed by atoms with Crippen LogP contribution in [0.5, 0.6) is 0 Å². The normalized spacial score (nSPS) is 15.2. The summed E-state index contributed by atoms with van der Waals surface area (Å²) in [5, 5.41) is 26.1. The van der Waals surface area contributed by atoms with Crippen molar-refractivity contribution < 1.29 is 14.8 Å². The highest BCUT2D eigenvalue weighted by molar-refractivity contribution is 6.24. The van der Waals surface area contributed by atoms with Gasteiger partial charge in [0.1, 0.15) is 5.92 Å². The van der Waals surface area contributed by atoms with Crippen LogP contribution in [-0.4, -0.2) is 41.3 Å². The summed E-state index contributed by atoms with van der Waals surface area (Å²) in [5.74, 6) is -1.02. The number of hydrogen-bond acceptors (Lipinski definition) is 6. The van der Waals surface area contributed by atoms with E-state index in [4.69, 9.17) is 10.1 Å². The number of rotatable bonds is 9. The number of nitro benzene ring substituents is 1. The minimum Gasteiger partial charge on any atom is -0.395 e. The predicted molar refractivity (Wildman–Crippen MR) is 127 cm³/mol. The topological polar surface area (TPSA) is 117 Å². The molecule has 168 valence electrons. The number of hydrogen-bond donors (Lipinski definition) is 3. The van der Waals surface area contributed by atoms with Crippen LogP contribution in [-0.2, 0) is 11.2 Å². The van der Waals surface area contributed by atoms with Crippen molar-refractivity contribution in [2.24, 2.45) is 4.99 Å². The van der Waals surface area contributed by atoms with Crippen LogP contribution in [0.1, 0.15) is 22.6 Å². The summed E-state index contributed by atoms with van der Waals surface area (Å²) in [5.41, 5.74) is 4.15. The smallest absolute Gasteiger partial charge is 0.269 e. The Morgan fingerprint density at radius 3 is 2.52 bits per heavy atom. The van der Waals surface area contributed by atoms with E-state index < -0.39 is 10.8 Å². The molecule has 8 heteroatoms. The Kier molecular flexibility index (Phi) is 6.87. The molecule has 0 saturated heterocycles. The molecule has 1 amide bonds. The monoisotopic (exact) mass is 444 g/mol. The number of nitrogens with zero attached hydrogens (tertiary/aromatic N) is 2. The van der Waals surface area contributed by atoms with Crippen LogP contribution in [0, 0.1) is 10.1 Å². The Balaban J connectivity index is 1.69. The SMILES string of the molecule is O=C1Nc2ccc([N+](=O)[O-])cc2C1C(=Nc1ccc(CCNCCO)cc1)c1ccccc1. The van der Waals surface area contributed by atoms with Crippen LogP contribution >= 0.6 is 0 Å². The third kappa shape index (κ3) is 5.14. The molecule has 1 heterocycles. The second kappa shape index (κ2) is 10.2. The highest BCUT2D eigenvalue weighted by atomic mass is 16.6. The highest BCUT2D eigenvalue weighted by Crippen LogP contribution is 2.38. The minimum absolute atomic E-state index is 0.0678. The first-order valence-corrected chi connectivity index (χ1v) is 10.7. The molecule has 0 aromatic heterocycles. The van der Waals surface area contributed by atoms with E-state index in [9.17, 15) is 14.9 Å². The van der Waals surface area contributed by atoms with Gasteiger partial charge in [-0.15, -0.1) is 0 Å². The van der Waals surface area contributed by atoms with Gasteiger partial charge in [-0.05, 0) is 42.3 Å². The number of benzene rings is 3. The van der Waals surface area contributed by atoms with Gasteiger partial charge in [0.15, 0.2) is 0 Å². The Hall–Kier alpha value is -3.88. The number of nitro groups is 1. The van der Waals surface area contributed by atoms with E-state index in [1.54, 1.807) is 6.07 Å². The predicted octanol–water partition coefficient (Wildman–Crippen LogP) is 3.58. The zero-order chi connectivity index (χ0) is 23.2. The lowest BCUT2D eigenvalue weighted by molar-refractivity contribution is -0.384. The molecule has 0 bridgehead atoms. The third-order valence-electron chi connectivity index (χ3n) is 5.48. The van der Waals surface area contributed by atoms with Gasteiger partial charge in [0, 0.05) is 29.9 Å². The number of aliphatic imine (C=N–C) groups is 1. The molecule has 3 aromatic rings. The van der Waals surface area contributed by atoms with Gasteiger partial charge in [0.2, 0.25) is 5.91 Å². The molecule has 1 aliphatic rings. The first-order chi connectivity index (χ1) is 16.1. The van der Waals surface area contributed by atoms with Crippen molar-refractivity contribution >= 4 is 28.7 Å². The molecule has 4 rings (SSSR count). The van der Waals surface area contributed by atoms with Gasteiger partial charge in [-0.3, -0.25) is 19.9 Å². The Morgan fingerprint density at radius 1 is 1.06 bits per heavy atom. The maximum atomic E-state index is 13.0. The van der Waals surface area contributed by atoms with Crippen molar-refractivity contribution in [3.05, 3.63) is 99.6 Å². The van der Waals surface area contributed by atoms with E-state index in [2.05, 4.69) is 10.6 Å². The van der Waals surface area contributed by atoms with Gasteiger partial charge in [0.25, 0.3) is 5.69 Å². The molecule has 0 spiro atoms. The van der Waals surface area contributed by atoms with Crippen LogP contribution in [0.25, 0.3) is 0 Å². The van der Waals surface area contributed by atoms with Crippen molar-refractivity contribution in [3.63, 3.8) is 0 Å². The fourth-order valence-corrected chi connectivity index (χ4v) is 3.85. The van der Waals surface area contributed by atoms with E-state index >= 15 is 0 Å². The van der Waals surface area contributed by atoms with E-state index in [1.807, 2.05) is 54.6 Å². The van der Waals surface area contributed by atoms with Crippen LogP contribution in [0.3, 0.4) is 0 Å². The average molecular weight is 444 g/mol. The van der Waals surface area contributed by atoms with Gasteiger partial charge >= 0.3 is 0 Å². The summed E-state index contributed by atoms with van der Waals surface area (Å²) in [6, 6.07) is 21.5. The van der Waals surface area contributed by atoms with Crippen molar-refractivity contribution in [3.8, 4) is 0 Å². The number of aliphatic hydroxyl groups excluding tert-OH is 1. The number of carbonyl (C=O) groups excluding carboxylic acids is 1. The van der Waals surface area contributed by atoms with Crippen molar-refractivity contribution in [1.82, 2.24) is 5.32 Å². The zero-order valence-corrected chi connectivity index (χ0v) is 17.9. The van der Waals surface area contributed by atoms with Crippen LogP contribution in [0.15, 0.2) is 77.8 Å². The van der Waals surface area contributed by atoms with E-state index in [0.29, 0.717) is 29.2 Å². The fourth-order valence-electron chi connectivity index (χ4n) is 3.85. The van der Waals surface area contributed by atoms with E-state index in [1.165, 1.54) is 12.1 Å². The lowest BCUT2D eigenvalue weighted by atomic mass is 9.90. The fraction of sp³-hybridized carbons (Fsp3) is 0.200. The van der Waals surface area contributed by atoms with Gasteiger partial charge in [-0.25, -0.2) is 0 Å². The second-order valence-corrected chi connectivity index (χ2v) is 7.70. The maximum Gasteiger partial charge on any atom is 0.269 e. The molecule has 1 aliphatic heterocycles. The average Bonchev–Trinajstić information content (AvgIpc) is 3.16. The Morgan fingerprint density at radius 2 is 1.82 bits per heavy atom. The third-order valence-corrected chi connectivity index (χ3v) is 5.48. The molecule has 33 heavy (non-hydrogen) atoms. The lowest BCUT2D eigenvalue weighted by Crippen LogP contribution is -2.22. The number of anilines is 1. The molecule has 0 saturated carbocycles. The summed E-state index contributed by atoms with van der Waals surface area (Å²) in [7, 11) is 0. The molecule has 0 fully saturated rings. The van der Waals surface area contributed by atoms with Gasteiger partial charge in [-0.1, -0.05) is 42.5 Å². The lowest BCUT2D eigenvalue weighted by Gasteiger charge is -2.14. The Bertz CT molecular complexity index is 1180. The van der Waals surface area contributed by atoms with Gasteiger partial charge < -0.3 is 15.7 Å². The summed E-state index contributed by atoms with van der Waals surface area (Å²) in [6.07, 6.45) is 0.817. The number of fused-ring (bicyclic) bond motifs is 1. The molecular weight excluding hydrogens is 420 g/mol. The number of carbonyl (C=O) groups is 1. The first kappa shape index (κ1) is 22.3. The quantitative estimate of drug-likeness (QED) is 0.202. The number of non-ortho nitro benzene ring substituents is 1. The largest absolute Gasteiger partial charge is 0.395 e. The molecule has 0 aliphatic carbocycles. The zero-order valence-electron chi connectivity index (χ0n) is 17.9. The van der Waals surface area contributed by atoms with Crippen LogP contribution < -0.4 is 10.6 Å². The molecular formula is C25H24N4O4. The molecule has 3 N–H and O–H groups in total. The van der Waals surface area contributed by atoms with Crippen molar-refractivity contribution in [1.29, 1.82) is 0 Å². The highest BCUT2D eigenvalue weighted by Gasteiger charge is 2.36. The van der Waals surface area contributed by atoms with E-state index in [0.717, 1.165) is 24.1 Å². The van der Waals surface area contributed by atoms with Crippen LogP contribution in [0.2, 0.25) is 0 Å². The summed E-state index contributed by atoms with van der Waals surface area (Å²) in [4.78, 5) is 28.6. The number of aliphatic hydroxyl groups is 1. The summed E-state index contributed by atoms with van der Waals surface area (Å²) in [6.45, 7) is 1.43. The maximum absolute atomic E-state index is 13.0. The van der Waals surface area contributed by atoms with Crippen molar-refractivity contribution in [2.75, 3.05) is 25.0 Å². The summed E-state index contributed by atoms with van der Waals surface area (Å²) >= 11 is 0. The second-order valence-electron chi connectivity index (χ2n) is 7.70. The minimum atomic E-state index is -0.760. The van der Waals surface area contributed by atoms with E-state index in [-0.39, 0.29) is 18.2 Å². The van der Waals surface area contributed by atoms with Gasteiger partial charge in [0.05, 0.1) is 22.9 Å². The molecule has 1 atom stereocenters. The standard InChI is InChI=1S/C25H24N4O4/c30-15-14-26-13-12-17-6-8-19(9-7-17)27-24(18-4-2-1-3-5-18)23-21-16-20(29(32)33)10-11-22(21)28-25(23)31/h1-11,16,23,26,30H,12-15H2,(H,28,31). The Labute approximate surface area is 191 Å². The molecule has 3 aromatic carbocycles. The molecule has 0 radical (unpaired) electrons. The molecule has 8 nitrogen and oxygen atoms in total. The number of amides is 1. The first-order valence-electron chi connectivity index (χ1n) is 10.7. The molecule has 1 unspecified atom stereocenters. The number of nitrogens with one attached hydrogen (secondary N) is 2. The summed E-state index contributed by atoms with van der Waals surface area (Å²) < 4.78 is 0. The van der Waals surface area contributed by atoms with Crippen LogP contribution in [0.4, 0.5) is 17.1 Å².